The molecule has 5 heteroatoms. The monoisotopic (exact) mass is 254 g/mol. The summed E-state index contributed by atoms with van der Waals surface area (Å²) in [6.07, 6.45) is 0. The van der Waals surface area contributed by atoms with E-state index in [1.54, 1.807) is 6.07 Å². The van der Waals surface area contributed by atoms with Crippen LogP contribution in [-0.2, 0) is 10.0 Å². The Morgan fingerprint density at radius 2 is 1.88 bits per heavy atom. The number of rotatable bonds is 2. The molecule has 0 amide bonds. The van der Waals surface area contributed by atoms with Gasteiger partial charge < -0.3 is 5.73 Å². The Bertz CT molecular complexity index is 542. The second-order valence-corrected chi connectivity index (χ2v) is 7.10. The van der Waals surface area contributed by atoms with Crippen LogP contribution in [0.1, 0.15) is 18.1 Å². The lowest BCUT2D eigenvalue weighted by Crippen LogP contribution is -2.66. The Hall–Kier alpha value is -0.910. The Kier molecular flexibility index (Phi) is 2.80. The highest BCUT2D eigenvalue weighted by molar-refractivity contribution is 7.89. The standard InChI is InChI=1S/C12H18N2O2S/c1-9-4-5-11(10(2)6-9)17(15,16)14-7-12(3,13)8-14/h4-6H,7-8,13H2,1-3H3. The summed E-state index contributed by atoms with van der Waals surface area (Å²) < 4.78 is 26.0. The maximum Gasteiger partial charge on any atom is 0.243 e. The van der Waals surface area contributed by atoms with Gasteiger partial charge in [0.1, 0.15) is 0 Å². The Morgan fingerprint density at radius 1 is 1.29 bits per heavy atom. The summed E-state index contributed by atoms with van der Waals surface area (Å²) in [7, 11) is -3.37. The molecule has 1 aliphatic heterocycles. The maximum atomic E-state index is 12.3. The average Bonchev–Trinajstić information content (AvgIpc) is 2.13. The molecule has 0 saturated carbocycles. The summed E-state index contributed by atoms with van der Waals surface area (Å²) in [5.41, 5.74) is 7.31. The highest BCUT2D eigenvalue weighted by Gasteiger charge is 2.42. The summed E-state index contributed by atoms with van der Waals surface area (Å²) >= 11 is 0. The smallest absolute Gasteiger partial charge is 0.243 e. The van der Waals surface area contributed by atoms with E-state index in [1.165, 1.54) is 4.31 Å². The molecule has 1 fully saturated rings. The Labute approximate surface area is 102 Å². The van der Waals surface area contributed by atoms with Gasteiger partial charge in [-0.1, -0.05) is 17.7 Å². The van der Waals surface area contributed by atoms with E-state index in [0.717, 1.165) is 11.1 Å². The van der Waals surface area contributed by atoms with Crippen LogP contribution in [-0.4, -0.2) is 31.4 Å². The topological polar surface area (TPSA) is 63.4 Å². The summed E-state index contributed by atoms with van der Waals surface area (Å²) in [5.74, 6) is 0. The quantitative estimate of drug-likeness (QED) is 0.857. The van der Waals surface area contributed by atoms with E-state index in [2.05, 4.69) is 0 Å². The zero-order valence-electron chi connectivity index (χ0n) is 10.4. The predicted molar refractivity (Wildman–Crippen MR) is 67.3 cm³/mol. The first-order valence-corrected chi connectivity index (χ1v) is 7.03. The molecule has 2 rings (SSSR count). The fraction of sp³-hybridized carbons (Fsp3) is 0.500. The van der Waals surface area contributed by atoms with E-state index >= 15 is 0 Å². The molecule has 2 N–H and O–H groups in total. The molecule has 0 atom stereocenters. The van der Waals surface area contributed by atoms with Crippen LogP contribution in [0.5, 0.6) is 0 Å². The van der Waals surface area contributed by atoms with Crippen LogP contribution in [0.3, 0.4) is 0 Å². The molecule has 1 saturated heterocycles. The summed E-state index contributed by atoms with van der Waals surface area (Å²) in [6, 6.07) is 5.38. The number of aryl methyl sites for hydroxylation is 2. The molecule has 1 aromatic rings. The van der Waals surface area contributed by atoms with Crippen LogP contribution >= 0.6 is 0 Å². The Morgan fingerprint density at radius 3 is 2.35 bits per heavy atom. The fourth-order valence-corrected chi connectivity index (χ4v) is 4.07. The van der Waals surface area contributed by atoms with E-state index in [1.807, 2.05) is 32.9 Å². The van der Waals surface area contributed by atoms with Crippen LogP contribution in [0.4, 0.5) is 0 Å². The molecule has 0 unspecified atom stereocenters. The number of hydrogen-bond donors (Lipinski definition) is 1. The molecular formula is C12H18N2O2S. The number of nitrogens with zero attached hydrogens (tertiary/aromatic N) is 1. The second-order valence-electron chi connectivity index (χ2n) is 5.20. The van der Waals surface area contributed by atoms with Crippen molar-refractivity contribution in [2.24, 2.45) is 5.73 Å². The molecule has 0 aromatic heterocycles. The molecule has 4 nitrogen and oxygen atoms in total. The summed E-state index contributed by atoms with van der Waals surface area (Å²) in [4.78, 5) is 0.388. The molecule has 94 valence electrons. The van der Waals surface area contributed by atoms with Crippen LogP contribution in [0.2, 0.25) is 0 Å². The molecule has 0 spiro atoms. The minimum absolute atomic E-state index is 0.383. The van der Waals surface area contributed by atoms with Crippen LogP contribution in [0.25, 0.3) is 0 Å². The number of benzene rings is 1. The minimum Gasteiger partial charge on any atom is -0.323 e. The third kappa shape index (κ3) is 2.22. The van der Waals surface area contributed by atoms with E-state index in [-0.39, 0.29) is 5.54 Å². The molecule has 1 aliphatic rings. The lowest BCUT2D eigenvalue weighted by atomic mass is 9.97. The van der Waals surface area contributed by atoms with Gasteiger partial charge in [-0.05, 0) is 32.4 Å². The van der Waals surface area contributed by atoms with Crippen molar-refractivity contribution >= 4 is 10.0 Å². The molecule has 0 aliphatic carbocycles. The molecular weight excluding hydrogens is 236 g/mol. The largest absolute Gasteiger partial charge is 0.323 e. The van der Waals surface area contributed by atoms with Crippen molar-refractivity contribution in [3.8, 4) is 0 Å². The zero-order valence-corrected chi connectivity index (χ0v) is 11.2. The third-order valence-electron chi connectivity index (χ3n) is 3.02. The average molecular weight is 254 g/mol. The van der Waals surface area contributed by atoms with E-state index in [0.29, 0.717) is 18.0 Å². The maximum absolute atomic E-state index is 12.3. The van der Waals surface area contributed by atoms with E-state index in [4.69, 9.17) is 5.73 Å². The van der Waals surface area contributed by atoms with Crippen molar-refractivity contribution < 1.29 is 8.42 Å². The van der Waals surface area contributed by atoms with Gasteiger partial charge in [0.2, 0.25) is 10.0 Å². The van der Waals surface area contributed by atoms with Crippen molar-refractivity contribution in [2.45, 2.75) is 31.2 Å². The van der Waals surface area contributed by atoms with Gasteiger partial charge in [0, 0.05) is 18.6 Å². The molecule has 1 aromatic carbocycles. The predicted octanol–water partition coefficient (Wildman–Crippen LogP) is 1.03. The van der Waals surface area contributed by atoms with Gasteiger partial charge in [-0.2, -0.15) is 4.31 Å². The van der Waals surface area contributed by atoms with Gasteiger partial charge in [0.25, 0.3) is 0 Å². The fourth-order valence-electron chi connectivity index (χ4n) is 2.16. The SMILES string of the molecule is Cc1ccc(S(=O)(=O)N2CC(C)(N)C2)c(C)c1. The van der Waals surface area contributed by atoms with Crippen LogP contribution in [0, 0.1) is 13.8 Å². The first kappa shape index (κ1) is 12.5. The summed E-state index contributed by atoms with van der Waals surface area (Å²) in [6.45, 7) is 6.41. The molecule has 0 bridgehead atoms. The molecule has 1 heterocycles. The van der Waals surface area contributed by atoms with Gasteiger partial charge in [-0.25, -0.2) is 8.42 Å². The van der Waals surface area contributed by atoms with E-state index in [9.17, 15) is 8.42 Å². The highest BCUT2D eigenvalue weighted by Crippen LogP contribution is 2.28. The molecule has 17 heavy (non-hydrogen) atoms. The van der Waals surface area contributed by atoms with Crippen LogP contribution < -0.4 is 5.73 Å². The first-order valence-electron chi connectivity index (χ1n) is 5.59. The lowest BCUT2D eigenvalue weighted by molar-refractivity contribution is 0.176. The van der Waals surface area contributed by atoms with Crippen molar-refractivity contribution in [1.82, 2.24) is 4.31 Å². The van der Waals surface area contributed by atoms with Gasteiger partial charge in [-0.15, -0.1) is 0 Å². The Balaban J connectivity index is 2.34. The van der Waals surface area contributed by atoms with Crippen molar-refractivity contribution in [3.05, 3.63) is 29.3 Å². The normalized spacial score (nSPS) is 20.0. The number of hydrogen-bond acceptors (Lipinski definition) is 3. The van der Waals surface area contributed by atoms with E-state index < -0.39 is 10.0 Å². The first-order chi connectivity index (χ1) is 7.72. The van der Waals surface area contributed by atoms with Gasteiger partial charge in [-0.3, -0.25) is 0 Å². The molecule has 0 radical (unpaired) electrons. The van der Waals surface area contributed by atoms with Crippen molar-refractivity contribution in [3.63, 3.8) is 0 Å². The second kappa shape index (κ2) is 3.80. The zero-order chi connectivity index (χ0) is 12.8. The van der Waals surface area contributed by atoms with Gasteiger partial charge >= 0.3 is 0 Å². The highest BCUT2D eigenvalue weighted by atomic mass is 32.2. The third-order valence-corrected chi connectivity index (χ3v) is 4.98. The van der Waals surface area contributed by atoms with Crippen molar-refractivity contribution in [2.75, 3.05) is 13.1 Å². The number of sulfonamides is 1. The minimum atomic E-state index is -3.37. The van der Waals surface area contributed by atoms with Crippen LogP contribution in [0.15, 0.2) is 23.1 Å². The number of nitrogens with two attached hydrogens (primary N) is 1. The van der Waals surface area contributed by atoms with Gasteiger partial charge in [0.15, 0.2) is 0 Å². The lowest BCUT2D eigenvalue weighted by Gasteiger charge is -2.44. The van der Waals surface area contributed by atoms with Gasteiger partial charge in [0.05, 0.1) is 4.90 Å². The summed E-state index contributed by atoms with van der Waals surface area (Å²) in [5, 5.41) is 0. The van der Waals surface area contributed by atoms with Crippen molar-refractivity contribution in [1.29, 1.82) is 0 Å².